The van der Waals surface area contributed by atoms with Crippen LogP contribution in [0.1, 0.15) is 171 Å². The fourth-order valence-corrected chi connectivity index (χ4v) is 10.7. The molecule has 0 radical (unpaired) electrons. The Hall–Kier alpha value is -2.46. The van der Waals surface area contributed by atoms with Crippen molar-refractivity contribution in [2.45, 2.75) is 167 Å². The first-order chi connectivity index (χ1) is 26.1. The maximum atomic E-state index is 14.0. The molecule has 4 fully saturated rings. The lowest BCUT2D eigenvalue weighted by atomic mass is 9.68. The van der Waals surface area contributed by atoms with Crippen molar-refractivity contribution >= 4 is 0 Å². The Labute approximate surface area is 320 Å². The van der Waals surface area contributed by atoms with Crippen LogP contribution >= 0.6 is 0 Å². The summed E-state index contributed by atoms with van der Waals surface area (Å²) in [6, 6.07) is 3.80. The van der Waals surface area contributed by atoms with Crippen LogP contribution in [0.4, 0.5) is 43.9 Å². The Bertz CT molecular complexity index is 1440. The fourth-order valence-electron chi connectivity index (χ4n) is 10.7. The number of hydrogen-bond donors (Lipinski definition) is 0. The Morgan fingerprint density at radius 1 is 0.473 bits per heavy atom. The topological polar surface area (TPSA) is 9.23 Å². The maximum absolute atomic E-state index is 14.0. The number of hydrogen-bond acceptors (Lipinski definition) is 1. The van der Waals surface area contributed by atoms with Crippen LogP contribution in [0.15, 0.2) is 24.3 Å². The Balaban J connectivity index is 0.000000211. The first-order valence-electron chi connectivity index (χ1n) is 20.9. The van der Waals surface area contributed by atoms with Gasteiger partial charge in [-0.15, -0.1) is 13.2 Å². The van der Waals surface area contributed by atoms with Gasteiger partial charge < -0.3 is 4.74 Å². The van der Waals surface area contributed by atoms with E-state index in [1.54, 1.807) is 0 Å². The number of rotatable bonds is 9. The summed E-state index contributed by atoms with van der Waals surface area (Å²) in [6.07, 6.45) is 12.8. The second kappa shape index (κ2) is 19.3. The summed E-state index contributed by atoms with van der Waals surface area (Å²) in [5.74, 6) is -2.38. The van der Waals surface area contributed by atoms with Gasteiger partial charge in [0.2, 0.25) is 5.75 Å². The number of alkyl halides is 6. The number of halogens is 10. The van der Waals surface area contributed by atoms with Crippen molar-refractivity contribution in [2.24, 2.45) is 35.5 Å². The molecule has 2 aromatic rings. The molecule has 4 aliphatic carbocycles. The molecule has 0 saturated heterocycles. The summed E-state index contributed by atoms with van der Waals surface area (Å²) in [4.78, 5) is 0. The van der Waals surface area contributed by atoms with Gasteiger partial charge in [-0.2, -0.15) is 13.2 Å². The molecule has 0 aliphatic heterocycles. The molecule has 0 heterocycles. The van der Waals surface area contributed by atoms with Crippen molar-refractivity contribution in [2.75, 3.05) is 0 Å². The summed E-state index contributed by atoms with van der Waals surface area (Å²) >= 11 is 0. The molecule has 2 aromatic carbocycles. The van der Waals surface area contributed by atoms with Crippen molar-refractivity contribution < 1.29 is 48.6 Å². The first-order valence-corrected chi connectivity index (χ1v) is 20.9. The number of benzene rings is 2. The van der Waals surface area contributed by atoms with Gasteiger partial charge in [0.25, 0.3) is 0 Å². The molecule has 1 nitrogen and oxygen atoms in total. The zero-order valence-electron chi connectivity index (χ0n) is 32.3. The van der Waals surface area contributed by atoms with Gasteiger partial charge in [-0.3, -0.25) is 0 Å². The standard InChI is InChI=1S/C22H29F5O.C22H29F5/c1-2-3-14-4-6-15(7-5-14)16-8-10-17(11-9-16)18-12-19(23)21(20(24)13-18)28-22(25,26)27;1-2-3-14-4-6-15(7-5-14)16-8-10-17(11-9-16)18-12-19(23)21(20(24)13-18)22(25,26)27/h12-17H,2-11H2,1H3;12-17H,2-11H2,1H3. The minimum Gasteiger partial charge on any atom is -0.399 e. The van der Waals surface area contributed by atoms with Gasteiger partial charge in [0.05, 0.1) is 0 Å². The van der Waals surface area contributed by atoms with E-state index in [0.717, 1.165) is 99.3 Å². The maximum Gasteiger partial charge on any atom is 0.573 e. The molecule has 0 unspecified atom stereocenters. The molecule has 55 heavy (non-hydrogen) atoms. The summed E-state index contributed by atoms with van der Waals surface area (Å²) < 4.78 is 134. The SMILES string of the molecule is CCCC1CCC(C2CCC(c3cc(F)c(C(F)(F)F)c(F)c3)CC2)CC1.CCCC1CCC(C2CCC(c3cc(F)c(OC(F)(F)F)c(F)c3)CC2)CC1. The third kappa shape index (κ3) is 12.0. The Kier molecular flexibility index (Phi) is 15.3. The van der Waals surface area contributed by atoms with Crippen molar-refractivity contribution in [1.82, 2.24) is 0 Å². The van der Waals surface area contributed by atoms with Gasteiger partial charge in [0, 0.05) is 0 Å². The van der Waals surface area contributed by atoms with E-state index in [4.69, 9.17) is 0 Å². The highest BCUT2D eigenvalue weighted by molar-refractivity contribution is 5.34. The molecule has 0 bridgehead atoms. The van der Waals surface area contributed by atoms with Crippen LogP contribution in [0.2, 0.25) is 0 Å². The van der Waals surface area contributed by atoms with Crippen LogP contribution < -0.4 is 4.74 Å². The van der Waals surface area contributed by atoms with Gasteiger partial charge in [-0.05, 0) is 160 Å². The first kappa shape index (κ1) is 43.7. The summed E-state index contributed by atoms with van der Waals surface area (Å²) in [7, 11) is 0. The van der Waals surface area contributed by atoms with Crippen molar-refractivity contribution in [3.8, 4) is 5.75 Å². The molecule has 0 aromatic heterocycles. The zero-order valence-corrected chi connectivity index (χ0v) is 32.3. The van der Waals surface area contributed by atoms with E-state index in [-0.39, 0.29) is 11.8 Å². The zero-order chi connectivity index (χ0) is 39.9. The minimum atomic E-state index is -5.11. The third-order valence-electron chi connectivity index (χ3n) is 13.6. The van der Waals surface area contributed by atoms with Gasteiger partial charge in [0.15, 0.2) is 11.6 Å². The van der Waals surface area contributed by atoms with Gasteiger partial charge in [-0.25, -0.2) is 17.6 Å². The van der Waals surface area contributed by atoms with E-state index in [1.807, 2.05) is 0 Å². The highest BCUT2D eigenvalue weighted by atomic mass is 19.4. The van der Waals surface area contributed by atoms with E-state index >= 15 is 0 Å². The molecule has 4 saturated carbocycles. The minimum absolute atomic E-state index is 0.00313. The van der Waals surface area contributed by atoms with Crippen LogP contribution in [0.3, 0.4) is 0 Å². The second-order valence-corrected chi connectivity index (χ2v) is 17.1. The quantitative estimate of drug-likeness (QED) is 0.230. The molecule has 0 spiro atoms. The molecular weight excluding hydrogens is 734 g/mol. The average Bonchev–Trinajstić information content (AvgIpc) is 3.13. The van der Waals surface area contributed by atoms with Crippen LogP contribution in [0.5, 0.6) is 5.75 Å². The third-order valence-corrected chi connectivity index (χ3v) is 13.6. The second-order valence-electron chi connectivity index (χ2n) is 17.1. The lowest BCUT2D eigenvalue weighted by Crippen LogP contribution is -2.25. The van der Waals surface area contributed by atoms with E-state index in [1.165, 1.54) is 77.0 Å². The van der Waals surface area contributed by atoms with Crippen molar-refractivity contribution in [3.05, 3.63) is 64.2 Å². The predicted molar refractivity (Wildman–Crippen MR) is 195 cm³/mol. The normalized spacial score (nSPS) is 29.3. The van der Waals surface area contributed by atoms with Crippen LogP contribution in [-0.2, 0) is 6.18 Å². The van der Waals surface area contributed by atoms with E-state index in [2.05, 4.69) is 18.6 Å². The van der Waals surface area contributed by atoms with Crippen LogP contribution in [-0.4, -0.2) is 6.36 Å². The Morgan fingerprint density at radius 2 is 0.782 bits per heavy atom. The van der Waals surface area contributed by atoms with E-state index in [0.29, 0.717) is 23.0 Å². The molecule has 0 N–H and O–H groups in total. The van der Waals surface area contributed by atoms with Gasteiger partial charge in [-0.1, -0.05) is 65.2 Å². The largest absolute Gasteiger partial charge is 0.573 e. The van der Waals surface area contributed by atoms with E-state index < -0.39 is 47.1 Å². The van der Waals surface area contributed by atoms with Crippen LogP contribution in [0.25, 0.3) is 0 Å². The van der Waals surface area contributed by atoms with Crippen molar-refractivity contribution in [3.63, 3.8) is 0 Å². The lowest BCUT2D eigenvalue weighted by Gasteiger charge is -2.38. The summed E-state index contributed by atoms with van der Waals surface area (Å²) in [6.45, 7) is 4.47. The predicted octanol–water partition coefficient (Wildman–Crippen LogP) is 15.6. The lowest BCUT2D eigenvalue weighted by molar-refractivity contribution is -0.276. The molecule has 11 heteroatoms. The summed E-state index contributed by atoms with van der Waals surface area (Å²) in [5.41, 5.74) is -0.957. The Morgan fingerprint density at radius 3 is 1.07 bits per heavy atom. The average molecular weight is 793 g/mol. The molecule has 310 valence electrons. The fraction of sp³-hybridized carbons (Fsp3) is 0.727. The smallest absolute Gasteiger partial charge is 0.399 e. The number of ether oxygens (including phenoxy) is 1. The highest BCUT2D eigenvalue weighted by Gasteiger charge is 2.39. The monoisotopic (exact) mass is 792 g/mol. The van der Waals surface area contributed by atoms with Crippen molar-refractivity contribution in [1.29, 1.82) is 0 Å². The van der Waals surface area contributed by atoms with Crippen LogP contribution in [0, 0.1) is 58.8 Å². The van der Waals surface area contributed by atoms with Gasteiger partial charge >= 0.3 is 12.5 Å². The van der Waals surface area contributed by atoms with Gasteiger partial charge in [0.1, 0.15) is 17.2 Å². The molecule has 0 amide bonds. The molecule has 0 atom stereocenters. The van der Waals surface area contributed by atoms with E-state index in [9.17, 15) is 43.9 Å². The molecular formula is C44H58F10O. The highest BCUT2D eigenvalue weighted by Crippen LogP contribution is 2.47. The molecule has 6 rings (SSSR count). The summed E-state index contributed by atoms with van der Waals surface area (Å²) in [5, 5.41) is 0. The molecule has 4 aliphatic rings.